The fraction of sp³-hybridized carbons (Fsp3) is 0.408. The summed E-state index contributed by atoms with van der Waals surface area (Å²) in [6.45, 7) is 23.2. The molecule has 0 atom stereocenters. The van der Waals surface area contributed by atoms with Crippen LogP contribution in [0.15, 0.2) is 208 Å². The van der Waals surface area contributed by atoms with Gasteiger partial charge in [0.2, 0.25) is 0 Å². The van der Waals surface area contributed by atoms with Gasteiger partial charge in [-0.05, 0) is 206 Å². The van der Waals surface area contributed by atoms with Gasteiger partial charge in [-0.2, -0.15) is 28.5 Å². The largest absolute Gasteiger partial charge is 0.497 e. The quantitative estimate of drug-likeness (QED) is 0.0177. The standard InChI is InChI=1S/C18H25N3O2.C17H21F3N4.C17H24N4O.C17H23N3.C16H23N3.C13H21N3O/c1-21(9-7-19)13-15-6-8-20-18(15)5-4-14-10-16(22-2)12-17(11-14)23-3;1-21-9-10-24(2)12-14-11-22-23-16(14)8-5-13-3-6-15(7-4-13)17(18,19)20;1-18-10-11-21(2)13-15-12-19-20-17(15)9-6-14-4-7-16(22-3)8-5-14;1-14-3-5-15(6-4-14)7-8-17-16(9-11-19-17)13-20(2)12-10-18;1-19(12-10-17)13-15-9-11-18-16(15)8-7-14-5-3-2-4-6-14;1-3-6-16(2)10-12-9-14-15-13(12)11-4-7-17-8-5-11/h4-6,10-12H,7-9,13,19H2,1-3H3;3-8,11,21H,9-10,12H2,1-2H3,(H,22,23);4-9,12,18H,10-11,13H2,1-3H3,(H,19,20);3-9H,10-13,18H2,1-2H3;2-6,9H,7-8,10-13,17H2,1H3;4,9H,3,5-8,10H2,1-2H3,(H,14,15)/b5-4+;8-5+;9-6+;8-7+;;. The van der Waals surface area contributed by atoms with Crippen molar-refractivity contribution in [3.8, 4) is 17.2 Å². The van der Waals surface area contributed by atoms with E-state index >= 15 is 0 Å². The number of aliphatic imine (C=N–C) groups is 3. The molecule has 27 heteroatoms. The topological polar surface area (TPSA) is 282 Å². The molecule has 5 aromatic carbocycles. The molecule has 0 radical (unpaired) electrons. The Bertz CT molecular complexity index is 4750. The highest BCUT2D eigenvalue weighted by Gasteiger charge is 2.30. The first-order valence-corrected chi connectivity index (χ1v) is 43.0. The smallest absolute Gasteiger partial charge is 0.416 e. The van der Waals surface area contributed by atoms with Crippen molar-refractivity contribution in [3.63, 3.8) is 0 Å². The van der Waals surface area contributed by atoms with Crippen LogP contribution >= 0.6 is 0 Å². The molecule has 11 N–H and O–H groups in total. The Kier molecular flexibility index (Phi) is 46.3. The van der Waals surface area contributed by atoms with Crippen LogP contribution in [0, 0.1) is 6.92 Å². The number of aromatic nitrogens is 6. The monoisotopic (exact) mass is 1720 g/mol. The number of benzene rings is 5. The number of rotatable bonds is 41. The van der Waals surface area contributed by atoms with Crippen LogP contribution in [0.4, 0.5) is 13.2 Å². The third-order valence-electron chi connectivity index (χ3n) is 20.7. The summed E-state index contributed by atoms with van der Waals surface area (Å²) in [5.41, 5.74) is 38.1. The summed E-state index contributed by atoms with van der Waals surface area (Å²) in [5, 5.41) is 27.7. The number of hydrogen-bond acceptors (Lipinski definition) is 21. The first-order chi connectivity index (χ1) is 60.6. The van der Waals surface area contributed by atoms with Crippen molar-refractivity contribution in [2.45, 2.75) is 65.3 Å². The predicted octanol–water partition coefficient (Wildman–Crippen LogP) is 13.7. The van der Waals surface area contributed by atoms with Gasteiger partial charge in [0.25, 0.3) is 0 Å². The first kappa shape index (κ1) is 101. The molecular formula is C98H137F3N20O4. The molecule has 125 heavy (non-hydrogen) atoms. The molecule has 0 unspecified atom stereocenters. The molecule has 3 aromatic heterocycles. The summed E-state index contributed by atoms with van der Waals surface area (Å²) in [6.07, 6.45) is 30.4. The number of H-pyrrole nitrogens is 3. The lowest BCUT2D eigenvalue weighted by Gasteiger charge is -2.17. The summed E-state index contributed by atoms with van der Waals surface area (Å²) in [5.74, 6) is 2.41. The normalized spacial score (nSPS) is 13.9. The summed E-state index contributed by atoms with van der Waals surface area (Å²) < 4.78 is 58.7. The van der Waals surface area contributed by atoms with E-state index in [0.717, 1.165) is 213 Å². The summed E-state index contributed by atoms with van der Waals surface area (Å²) in [7, 11) is 21.4. The van der Waals surface area contributed by atoms with E-state index in [1.165, 1.54) is 80.1 Å². The van der Waals surface area contributed by atoms with Gasteiger partial charge >= 0.3 is 6.18 Å². The van der Waals surface area contributed by atoms with Crippen LogP contribution < -0.4 is 42.0 Å². The Morgan fingerprint density at radius 1 is 0.464 bits per heavy atom. The highest BCUT2D eigenvalue weighted by atomic mass is 19.4. The molecule has 12 rings (SSSR count). The second-order valence-corrected chi connectivity index (χ2v) is 31.1. The van der Waals surface area contributed by atoms with Crippen LogP contribution in [-0.4, -0.2) is 279 Å². The SMILES string of the molecule is CCCN(C)Cc1cn[nH]c1C1=CCOCC1.CN(CCN)CC1=CCN=C1CCc1ccccc1.CNCCN(C)Cc1cn[nH]c1/C=C/c1ccc(C(F)(F)F)cc1.CNCCN(C)Cc1cn[nH]c1/C=C/c1ccc(OC)cc1.COc1cc(/C=C/C2=NCC=C2CN(C)CCN)cc(OC)c1.Cc1ccc(/C=C/C2=NCC=C2CN(C)CCN)cc1. The number of nitrogens with two attached hydrogens (primary N) is 3. The van der Waals surface area contributed by atoms with Gasteiger partial charge in [0, 0.05) is 133 Å². The number of nitrogens with zero attached hydrogens (tertiary/aromatic N) is 12. The molecule has 0 bridgehead atoms. The predicted molar refractivity (Wildman–Crippen MR) is 513 cm³/mol. The number of nitrogens with one attached hydrogen (secondary N) is 5. The van der Waals surface area contributed by atoms with Crippen molar-refractivity contribution in [1.29, 1.82) is 0 Å². The molecule has 0 amide bonds. The third kappa shape index (κ3) is 38.0. The van der Waals surface area contributed by atoms with Crippen LogP contribution in [0.1, 0.15) is 98.9 Å². The molecule has 7 heterocycles. The maximum Gasteiger partial charge on any atom is 0.416 e. The van der Waals surface area contributed by atoms with Crippen molar-refractivity contribution in [3.05, 3.63) is 266 Å². The lowest BCUT2D eigenvalue weighted by atomic mass is 10.0. The lowest BCUT2D eigenvalue weighted by molar-refractivity contribution is -0.137. The fourth-order valence-corrected chi connectivity index (χ4v) is 13.6. The molecule has 674 valence electrons. The van der Waals surface area contributed by atoms with E-state index in [9.17, 15) is 13.2 Å². The van der Waals surface area contributed by atoms with Crippen LogP contribution in [0.5, 0.6) is 17.2 Å². The van der Waals surface area contributed by atoms with Gasteiger partial charge in [-0.3, -0.25) is 30.3 Å². The number of ether oxygens (including phenoxy) is 4. The van der Waals surface area contributed by atoms with Gasteiger partial charge in [-0.15, -0.1) is 0 Å². The summed E-state index contributed by atoms with van der Waals surface area (Å²) >= 11 is 0. The van der Waals surface area contributed by atoms with Crippen LogP contribution in [0.25, 0.3) is 42.0 Å². The Morgan fingerprint density at radius 3 is 1.38 bits per heavy atom. The highest BCUT2D eigenvalue weighted by molar-refractivity contribution is 6.12. The molecule has 0 spiro atoms. The number of aromatic amines is 3. The van der Waals surface area contributed by atoms with Gasteiger partial charge < -0.3 is 76.2 Å². The third-order valence-corrected chi connectivity index (χ3v) is 20.7. The van der Waals surface area contributed by atoms with Crippen molar-refractivity contribution < 1.29 is 32.1 Å². The van der Waals surface area contributed by atoms with Crippen molar-refractivity contribution in [1.82, 2.24) is 70.6 Å². The lowest BCUT2D eigenvalue weighted by Crippen LogP contribution is -2.28. The van der Waals surface area contributed by atoms with Crippen LogP contribution in [0.3, 0.4) is 0 Å². The van der Waals surface area contributed by atoms with Gasteiger partial charge in [0.1, 0.15) is 17.2 Å². The zero-order chi connectivity index (χ0) is 90.0. The minimum absolute atomic E-state index is 0.645. The van der Waals surface area contributed by atoms with E-state index in [2.05, 4.69) is 238 Å². The van der Waals surface area contributed by atoms with Crippen LogP contribution in [-0.2, 0) is 37.0 Å². The number of likely N-dealkylation sites (N-methyl/N-ethyl adjacent to an activating group) is 7. The zero-order valence-electron chi connectivity index (χ0n) is 76.0. The van der Waals surface area contributed by atoms with E-state index in [1.807, 2.05) is 94.2 Å². The van der Waals surface area contributed by atoms with Gasteiger partial charge in [-0.1, -0.05) is 140 Å². The van der Waals surface area contributed by atoms with E-state index < -0.39 is 11.7 Å². The van der Waals surface area contributed by atoms with E-state index in [1.54, 1.807) is 33.6 Å². The van der Waals surface area contributed by atoms with Crippen molar-refractivity contribution in [2.75, 3.05) is 202 Å². The van der Waals surface area contributed by atoms with Gasteiger partial charge in [0.15, 0.2) is 0 Å². The minimum Gasteiger partial charge on any atom is -0.497 e. The molecule has 0 saturated carbocycles. The Labute approximate surface area is 740 Å². The van der Waals surface area contributed by atoms with Gasteiger partial charge in [-0.25, -0.2) is 0 Å². The zero-order valence-corrected chi connectivity index (χ0v) is 76.0. The molecule has 24 nitrogen and oxygen atoms in total. The first-order valence-electron chi connectivity index (χ1n) is 43.0. The molecule has 0 fully saturated rings. The van der Waals surface area contributed by atoms with Gasteiger partial charge in [0.05, 0.1) is 107 Å². The van der Waals surface area contributed by atoms with Crippen LogP contribution in [0.2, 0.25) is 0 Å². The maximum absolute atomic E-state index is 12.6. The second-order valence-electron chi connectivity index (χ2n) is 31.1. The highest BCUT2D eigenvalue weighted by Crippen LogP contribution is 2.31. The maximum atomic E-state index is 12.6. The number of halogens is 3. The number of allylic oxidation sites excluding steroid dienone is 2. The molecule has 0 saturated heterocycles. The van der Waals surface area contributed by atoms with E-state index in [-0.39, 0.29) is 0 Å². The Hall–Kier alpha value is -10.6. The Morgan fingerprint density at radius 2 is 0.904 bits per heavy atom. The number of aryl methyl sites for hydroxylation is 2. The average molecular weight is 1720 g/mol. The second kappa shape index (κ2) is 57.1. The molecule has 8 aromatic rings. The average Bonchev–Trinajstić information content (AvgIpc) is 1.71. The number of methoxy groups -OCH3 is 3. The van der Waals surface area contributed by atoms with E-state index in [4.69, 9.17) is 36.1 Å². The number of hydrogen-bond donors (Lipinski definition) is 8. The van der Waals surface area contributed by atoms with Crippen molar-refractivity contribution >= 4 is 59.2 Å². The molecule has 4 aliphatic rings. The number of alkyl halides is 3. The molecule has 0 aliphatic carbocycles. The molecule has 4 aliphatic heterocycles. The summed E-state index contributed by atoms with van der Waals surface area (Å²) in [6, 6.07) is 38.0. The molecular weight excluding hydrogens is 1580 g/mol. The fourth-order valence-electron chi connectivity index (χ4n) is 13.6. The van der Waals surface area contributed by atoms with E-state index in [0.29, 0.717) is 25.2 Å². The van der Waals surface area contributed by atoms with Crippen molar-refractivity contribution in [2.24, 2.45) is 32.2 Å². The Balaban J connectivity index is 0.000000207. The minimum atomic E-state index is -4.31. The summed E-state index contributed by atoms with van der Waals surface area (Å²) in [4.78, 5) is 27.2.